The predicted molar refractivity (Wildman–Crippen MR) is 63.0 cm³/mol. The molecule has 0 aliphatic carbocycles. The molecule has 4 heteroatoms. The van der Waals surface area contributed by atoms with Crippen molar-refractivity contribution in [3.8, 4) is 0 Å². The molecule has 0 aliphatic heterocycles. The Morgan fingerprint density at radius 3 is 2.44 bits per heavy atom. The average molecular weight is 252 g/mol. The van der Waals surface area contributed by atoms with Crippen LogP contribution in [0.2, 0.25) is 0 Å². The van der Waals surface area contributed by atoms with E-state index < -0.39 is 0 Å². The molecule has 0 atom stereocenters. The molecule has 1 aromatic carbocycles. The van der Waals surface area contributed by atoms with E-state index in [0.717, 1.165) is 11.3 Å². The first-order valence-electron chi connectivity index (χ1n) is 4.58. The van der Waals surface area contributed by atoms with Crippen molar-refractivity contribution in [3.63, 3.8) is 0 Å². The molecule has 74 valence electrons. The molecule has 1 aromatic heterocycles. The third-order valence-corrected chi connectivity index (χ3v) is 2.10. The van der Waals surface area contributed by atoms with Gasteiger partial charge in [-0.3, -0.25) is 9.97 Å². The molecular weight excluding hydrogens is 243 g/mol. The molecule has 0 amide bonds. The minimum atomic E-state index is 0. The zero-order valence-electron chi connectivity index (χ0n) is 9.00. The standard InChI is InChI=1S/C12H10N2S.K/c15-12-13-9-8-11(14-12)7-6-10-4-2-1-3-5-10;/h1-9H,(H,13,14,15);/q;+1/p-1. The minimum absolute atomic E-state index is 0. The van der Waals surface area contributed by atoms with E-state index in [1.54, 1.807) is 6.20 Å². The van der Waals surface area contributed by atoms with E-state index >= 15 is 0 Å². The zero-order valence-corrected chi connectivity index (χ0v) is 12.9. The van der Waals surface area contributed by atoms with Gasteiger partial charge in [0.15, 0.2) is 0 Å². The van der Waals surface area contributed by atoms with Crippen molar-refractivity contribution in [2.24, 2.45) is 0 Å². The van der Waals surface area contributed by atoms with Crippen molar-refractivity contribution in [1.29, 1.82) is 0 Å². The van der Waals surface area contributed by atoms with E-state index in [2.05, 4.69) is 9.97 Å². The summed E-state index contributed by atoms with van der Waals surface area (Å²) in [6.45, 7) is 0. The van der Waals surface area contributed by atoms with Crippen LogP contribution in [0.25, 0.3) is 12.2 Å². The second-order valence-electron chi connectivity index (χ2n) is 3.01. The average Bonchev–Trinajstić information content (AvgIpc) is 2.28. The van der Waals surface area contributed by atoms with E-state index in [-0.39, 0.29) is 51.4 Å². The molecule has 0 fully saturated rings. The molecule has 0 saturated heterocycles. The third kappa shape index (κ3) is 4.41. The minimum Gasteiger partial charge on any atom is -0.740 e. The van der Waals surface area contributed by atoms with Gasteiger partial charge in [-0.15, -0.1) is 0 Å². The first kappa shape index (κ1) is 14.0. The summed E-state index contributed by atoms with van der Waals surface area (Å²) in [4.78, 5) is 7.97. The Kier molecular flexibility index (Phi) is 6.34. The van der Waals surface area contributed by atoms with E-state index in [1.807, 2.05) is 48.6 Å². The van der Waals surface area contributed by atoms with Crippen LogP contribution < -0.4 is 51.4 Å². The summed E-state index contributed by atoms with van der Waals surface area (Å²) in [6.07, 6.45) is 5.59. The van der Waals surface area contributed by atoms with Gasteiger partial charge in [0, 0.05) is 11.4 Å². The SMILES string of the molecule is [K+].[S-]c1nccc(C=Cc2ccccc2)n1. The Morgan fingerprint density at radius 2 is 1.75 bits per heavy atom. The van der Waals surface area contributed by atoms with Gasteiger partial charge in [-0.25, -0.2) is 0 Å². The van der Waals surface area contributed by atoms with Crippen LogP contribution in [0.3, 0.4) is 0 Å². The van der Waals surface area contributed by atoms with E-state index in [0.29, 0.717) is 5.16 Å². The van der Waals surface area contributed by atoms with Crippen molar-refractivity contribution < 1.29 is 51.4 Å². The number of aromatic nitrogens is 2. The normalized spacial score (nSPS) is 10.0. The predicted octanol–water partition coefficient (Wildman–Crippen LogP) is -0.443. The summed E-state index contributed by atoms with van der Waals surface area (Å²) in [5, 5.41) is 0.380. The molecule has 0 aliphatic rings. The van der Waals surface area contributed by atoms with Gasteiger partial charge in [-0.2, -0.15) is 0 Å². The van der Waals surface area contributed by atoms with Gasteiger partial charge in [-0.1, -0.05) is 36.4 Å². The number of hydrogen-bond donors (Lipinski definition) is 0. The number of nitrogens with zero attached hydrogens (tertiary/aromatic N) is 2. The maximum atomic E-state index is 4.87. The smallest absolute Gasteiger partial charge is 0.740 e. The van der Waals surface area contributed by atoms with Crippen molar-refractivity contribution in [3.05, 3.63) is 53.9 Å². The summed E-state index contributed by atoms with van der Waals surface area (Å²) < 4.78 is 0. The molecular formula is C12H9KN2S. The van der Waals surface area contributed by atoms with Crippen LogP contribution in [-0.2, 0) is 12.6 Å². The molecule has 16 heavy (non-hydrogen) atoms. The summed E-state index contributed by atoms with van der Waals surface area (Å²) in [5.74, 6) is 0. The Labute approximate surface area is 143 Å². The van der Waals surface area contributed by atoms with Crippen molar-refractivity contribution >= 4 is 24.8 Å². The fraction of sp³-hybridized carbons (Fsp3) is 0. The van der Waals surface area contributed by atoms with Crippen LogP contribution in [0.5, 0.6) is 0 Å². The van der Waals surface area contributed by atoms with Gasteiger partial charge >= 0.3 is 51.4 Å². The van der Waals surface area contributed by atoms with E-state index in [9.17, 15) is 0 Å². The fourth-order valence-corrected chi connectivity index (χ4v) is 1.36. The summed E-state index contributed by atoms with van der Waals surface area (Å²) in [7, 11) is 0. The van der Waals surface area contributed by atoms with E-state index in [1.165, 1.54) is 0 Å². The molecule has 0 N–H and O–H groups in total. The quantitative estimate of drug-likeness (QED) is 0.412. The Balaban J connectivity index is 0.00000128. The third-order valence-electron chi connectivity index (χ3n) is 1.90. The Bertz CT molecular complexity index is 471. The second-order valence-corrected chi connectivity index (χ2v) is 3.37. The molecule has 0 bridgehead atoms. The molecule has 2 aromatic rings. The van der Waals surface area contributed by atoms with Gasteiger partial charge in [0.2, 0.25) is 0 Å². The van der Waals surface area contributed by atoms with Gasteiger partial charge in [-0.05, 0) is 17.7 Å². The van der Waals surface area contributed by atoms with Gasteiger partial charge < -0.3 is 12.6 Å². The van der Waals surface area contributed by atoms with Crippen LogP contribution in [0, 0.1) is 0 Å². The monoisotopic (exact) mass is 252 g/mol. The topological polar surface area (TPSA) is 25.8 Å². The first-order chi connectivity index (χ1) is 7.34. The molecule has 2 nitrogen and oxygen atoms in total. The van der Waals surface area contributed by atoms with Crippen molar-refractivity contribution in [2.75, 3.05) is 0 Å². The second kappa shape index (κ2) is 7.27. The molecule has 0 radical (unpaired) electrons. The maximum absolute atomic E-state index is 4.87. The molecule has 2 rings (SSSR count). The summed E-state index contributed by atoms with van der Waals surface area (Å²) in [6, 6.07) is 11.9. The molecule has 1 heterocycles. The first-order valence-corrected chi connectivity index (χ1v) is 4.98. The van der Waals surface area contributed by atoms with Crippen LogP contribution in [0.15, 0.2) is 47.8 Å². The fourth-order valence-electron chi connectivity index (χ4n) is 1.19. The largest absolute Gasteiger partial charge is 1.00 e. The maximum Gasteiger partial charge on any atom is 1.00 e. The van der Waals surface area contributed by atoms with Crippen LogP contribution >= 0.6 is 0 Å². The van der Waals surface area contributed by atoms with Gasteiger partial charge in [0.05, 0.1) is 5.69 Å². The molecule has 0 spiro atoms. The number of hydrogen-bond acceptors (Lipinski definition) is 3. The van der Waals surface area contributed by atoms with Crippen LogP contribution in [0.1, 0.15) is 11.3 Å². The van der Waals surface area contributed by atoms with Gasteiger partial charge in [0.1, 0.15) is 0 Å². The van der Waals surface area contributed by atoms with Crippen LogP contribution in [0.4, 0.5) is 0 Å². The summed E-state index contributed by atoms with van der Waals surface area (Å²) >= 11 is 4.87. The van der Waals surface area contributed by atoms with Gasteiger partial charge in [0.25, 0.3) is 0 Å². The van der Waals surface area contributed by atoms with Crippen LogP contribution in [-0.4, -0.2) is 9.97 Å². The van der Waals surface area contributed by atoms with Crippen molar-refractivity contribution in [2.45, 2.75) is 5.16 Å². The van der Waals surface area contributed by atoms with Crippen molar-refractivity contribution in [1.82, 2.24) is 9.97 Å². The Hall–Kier alpha value is -0.104. The zero-order chi connectivity index (χ0) is 10.5. The number of rotatable bonds is 2. The molecule has 0 unspecified atom stereocenters. The Morgan fingerprint density at radius 1 is 1.00 bits per heavy atom. The van der Waals surface area contributed by atoms with E-state index in [4.69, 9.17) is 12.6 Å². The number of benzene rings is 1. The molecule has 0 saturated carbocycles. The summed E-state index contributed by atoms with van der Waals surface area (Å²) in [5.41, 5.74) is 1.97.